The number of nitrogens with zero attached hydrogens (tertiary/aromatic N) is 1. The number of piperidine rings is 1. The lowest BCUT2D eigenvalue weighted by Crippen LogP contribution is -2.42. The maximum absolute atomic E-state index is 12.3. The van der Waals surface area contributed by atoms with E-state index in [0.717, 1.165) is 23.4 Å². The molecule has 0 radical (unpaired) electrons. The van der Waals surface area contributed by atoms with Gasteiger partial charge in [0.05, 0.1) is 0 Å². The highest BCUT2D eigenvalue weighted by molar-refractivity contribution is 7.98. The summed E-state index contributed by atoms with van der Waals surface area (Å²) in [5, 5.41) is 11.7. The number of urea groups is 1. The van der Waals surface area contributed by atoms with Gasteiger partial charge in [0, 0.05) is 30.1 Å². The fourth-order valence-corrected chi connectivity index (χ4v) is 3.03. The van der Waals surface area contributed by atoms with Crippen LogP contribution >= 0.6 is 11.8 Å². The predicted molar refractivity (Wildman–Crippen MR) is 83.8 cm³/mol. The van der Waals surface area contributed by atoms with E-state index in [0.29, 0.717) is 13.1 Å². The third kappa shape index (κ3) is 4.67. The highest BCUT2D eigenvalue weighted by Crippen LogP contribution is 2.22. The quantitative estimate of drug-likeness (QED) is 0.838. The first-order valence-electron chi connectivity index (χ1n) is 7.00. The minimum Gasteiger partial charge on any atom is -0.481 e. The summed E-state index contributed by atoms with van der Waals surface area (Å²) in [5.74, 6) is -0.741. The van der Waals surface area contributed by atoms with Crippen molar-refractivity contribution in [1.82, 2.24) is 4.90 Å². The van der Waals surface area contributed by atoms with Gasteiger partial charge in [-0.3, -0.25) is 4.79 Å². The Kier molecular flexibility index (Phi) is 5.50. The van der Waals surface area contributed by atoms with Crippen LogP contribution in [0.3, 0.4) is 0 Å². The second kappa shape index (κ2) is 7.36. The van der Waals surface area contributed by atoms with Gasteiger partial charge < -0.3 is 15.3 Å². The Morgan fingerprint density at radius 1 is 1.48 bits per heavy atom. The lowest BCUT2D eigenvalue weighted by Gasteiger charge is -2.32. The van der Waals surface area contributed by atoms with Crippen molar-refractivity contribution < 1.29 is 14.7 Å². The Morgan fingerprint density at radius 3 is 3.00 bits per heavy atom. The number of hydrogen-bond donors (Lipinski definition) is 2. The van der Waals surface area contributed by atoms with Crippen LogP contribution in [0.1, 0.15) is 19.3 Å². The zero-order valence-corrected chi connectivity index (χ0v) is 12.9. The van der Waals surface area contributed by atoms with Crippen molar-refractivity contribution in [1.29, 1.82) is 0 Å². The van der Waals surface area contributed by atoms with Crippen molar-refractivity contribution in [2.24, 2.45) is 5.92 Å². The van der Waals surface area contributed by atoms with Gasteiger partial charge in [-0.2, -0.15) is 0 Å². The molecule has 2 rings (SSSR count). The van der Waals surface area contributed by atoms with Gasteiger partial charge >= 0.3 is 12.0 Å². The molecule has 6 heteroatoms. The molecule has 0 bridgehead atoms. The van der Waals surface area contributed by atoms with Crippen LogP contribution in [0.2, 0.25) is 0 Å². The van der Waals surface area contributed by atoms with Crippen molar-refractivity contribution in [2.45, 2.75) is 24.2 Å². The van der Waals surface area contributed by atoms with Crippen molar-refractivity contribution in [2.75, 3.05) is 24.7 Å². The monoisotopic (exact) mass is 308 g/mol. The van der Waals surface area contributed by atoms with Crippen molar-refractivity contribution in [3.8, 4) is 0 Å². The van der Waals surface area contributed by atoms with Crippen molar-refractivity contribution in [3.63, 3.8) is 0 Å². The number of rotatable bonds is 4. The number of hydrogen-bond acceptors (Lipinski definition) is 3. The van der Waals surface area contributed by atoms with E-state index in [4.69, 9.17) is 5.11 Å². The SMILES string of the molecule is CSc1cccc(NC(=O)N2CCCC(CC(=O)O)C2)c1. The molecule has 2 amide bonds. The molecule has 1 aliphatic heterocycles. The van der Waals surface area contributed by atoms with Crippen LogP contribution in [-0.4, -0.2) is 41.4 Å². The van der Waals surface area contributed by atoms with Crippen molar-refractivity contribution in [3.05, 3.63) is 24.3 Å². The van der Waals surface area contributed by atoms with Crippen LogP contribution in [0.4, 0.5) is 10.5 Å². The first kappa shape index (κ1) is 15.7. The molecule has 1 saturated heterocycles. The summed E-state index contributed by atoms with van der Waals surface area (Å²) in [7, 11) is 0. The molecule has 2 N–H and O–H groups in total. The van der Waals surface area contributed by atoms with Crippen LogP contribution in [0.5, 0.6) is 0 Å². The molecule has 1 fully saturated rings. The first-order valence-corrected chi connectivity index (χ1v) is 8.22. The number of thioether (sulfide) groups is 1. The van der Waals surface area contributed by atoms with E-state index in [9.17, 15) is 9.59 Å². The molecule has 0 aromatic heterocycles. The van der Waals surface area contributed by atoms with E-state index in [2.05, 4.69) is 5.32 Å². The van der Waals surface area contributed by atoms with E-state index >= 15 is 0 Å². The fraction of sp³-hybridized carbons (Fsp3) is 0.467. The fourth-order valence-electron chi connectivity index (χ4n) is 2.57. The average Bonchev–Trinajstić information content (AvgIpc) is 2.47. The molecule has 1 aliphatic rings. The Bertz CT molecular complexity index is 521. The molecule has 1 heterocycles. The maximum Gasteiger partial charge on any atom is 0.321 e. The molecule has 5 nitrogen and oxygen atoms in total. The number of carbonyl (C=O) groups is 2. The number of benzene rings is 1. The van der Waals surface area contributed by atoms with Gasteiger partial charge in [0.15, 0.2) is 0 Å². The van der Waals surface area contributed by atoms with Gasteiger partial charge in [-0.05, 0) is 43.2 Å². The number of aliphatic carboxylic acids is 1. The molecule has 21 heavy (non-hydrogen) atoms. The highest BCUT2D eigenvalue weighted by atomic mass is 32.2. The Hall–Kier alpha value is -1.69. The van der Waals surface area contributed by atoms with Crippen LogP contribution in [-0.2, 0) is 4.79 Å². The third-order valence-corrected chi connectivity index (χ3v) is 4.32. The molecule has 114 valence electrons. The Morgan fingerprint density at radius 2 is 2.29 bits per heavy atom. The van der Waals surface area contributed by atoms with E-state index in [-0.39, 0.29) is 18.4 Å². The minimum atomic E-state index is -0.796. The second-order valence-electron chi connectivity index (χ2n) is 5.21. The third-order valence-electron chi connectivity index (χ3n) is 3.59. The minimum absolute atomic E-state index is 0.0551. The number of carboxylic acid groups (broad SMARTS) is 1. The molecule has 0 saturated carbocycles. The Labute approximate surface area is 128 Å². The molecular weight excluding hydrogens is 288 g/mol. The van der Waals surface area contributed by atoms with Crippen LogP contribution in [0.25, 0.3) is 0 Å². The Balaban J connectivity index is 1.94. The molecule has 1 aromatic rings. The predicted octanol–water partition coefficient (Wildman–Crippen LogP) is 3.13. The molecular formula is C15H20N2O3S. The highest BCUT2D eigenvalue weighted by Gasteiger charge is 2.25. The topological polar surface area (TPSA) is 69.6 Å². The van der Waals surface area contributed by atoms with Gasteiger partial charge in [0.25, 0.3) is 0 Å². The lowest BCUT2D eigenvalue weighted by molar-refractivity contribution is -0.138. The largest absolute Gasteiger partial charge is 0.481 e. The summed E-state index contributed by atoms with van der Waals surface area (Å²) >= 11 is 1.62. The normalized spacial score (nSPS) is 18.3. The summed E-state index contributed by atoms with van der Waals surface area (Å²) in [4.78, 5) is 25.8. The molecule has 0 aliphatic carbocycles. The van der Waals surface area contributed by atoms with Gasteiger partial charge in [-0.1, -0.05) is 6.07 Å². The van der Waals surface area contributed by atoms with E-state index in [1.54, 1.807) is 16.7 Å². The van der Waals surface area contributed by atoms with Crippen LogP contribution in [0.15, 0.2) is 29.2 Å². The van der Waals surface area contributed by atoms with E-state index in [1.165, 1.54) is 0 Å². The standard InChI is InChI=1S/C15H20N2O3S/c1-21-13-6-2-5-12(9-13)16-15(20)17-7-3-4-11(10-17)8-14(18)19/h2,5-6,9,11H,3-4,7-8,10H2,1H3,(H,16,20)(H,18,19). The molecule has 1 unspecified atom stereocenters. The summed E-state index contributed by atoms with van der Waals surface area (Å²) in [6.07, 6.45) is 3.85. The van der Waals surface area contributed by atoms with Gasteiger partial charge in [-0.25, -0.2) is 4.79 Å². The number of likely N-dealkylation sites (tertiary alicyclic amines) is 1. The van der Waals surface area contributed by atoms with Gasteiger partial charge in [-0.15, -0.1) is 11.8 Å². The number of carbonyl (C=O) groups excluding carboxylic acids is 1. The molecule has 0 spiro atoms. The van der Waals surface area contributed by atoms with Crippen molar-refractivity contribution >= 4 is 29.4 Å². The summed E-state index contributed by atoms with van der Waals surface area (Å²) in [5.41, 5.74) is 0.771. The average molecular weight is 308 g/mol. The number of nitrogens with one attached hydrogen (secondary N) is 1. The molecule has 1 aromatic carbocycles. The summed E-state index contributed by atoms with van der Waals surface area (Å²) in [6.45, 7) is 1.20. The zero-order chi connectivity index (χ0) is 15.2. The second-order valence-corrected chi connectivity index (χ2v) is 6.09. The number of amides is 2. The number of carboxylic acids is 1. The zero-order valence-electron chi connectivity index (χ0n) is 12.0. The smallest absolute Gasteiger partial charge is 0.321 e. The van der Waals surface area contributed by atoms with Crippen LogP contribution in [0, 0.1) is 5.92 Å². The first-order chi connectivity index (χ1) is 10.1. The van der Waals surface area contributed by atoms with Gasteiger partial charge in [0.2, 0.25) is 0 Å². The van der Waals surface area contributed by atoms with Crippen LogP contribution < -0.4 is 5.32 Å². The maximum atomic E-state index is 12.3. The summed E-state index contributed by atoms with van der Waals surface area (Å²) < 4.78 is 0. The van der Waals surface area contributed by atoms with E-state index < -0.39 is 5.97 Å². The van der Waals surface area contributed by atoms with Gasteiger partial charge in [0.1, 0.15) is 0 Å². The summed E-state index contributed by atoms with van der Waals surface area (Å²) in [6, 6.07) is 7.54. The number of anilines is 1. The lowest BCUT2D eigenvalue weighted by atomic mass is 9.95. The van der Waals surface area contributed by atoms with E-state index in [1.807, 2.05) is 30.5 Å². The molecule has 1 atom stereocenters.